The summed E-state index contributed by atoms with van der Waals surface area (Å²) in [6.07, 6.45) is 2.93. The zero-order chi connectivity index (χ0) is 19.9. The summed E-state index contributed by atoms with van der Waals surface area (Å²) in [4.78, 5) is 21.2. The van der Waals surface area contributed by atoms with Crippen LogP contribution in [0.25, 0.3) is 11.4 Å². The maximum atomic E-state index is 13.0. The molecule has 2 heterocycles. The monoisotopic (exact) mass is 388 g/mol. The van der Waals surface area contributed by atoms with Gasteiger partial charge in [-0.05, 0) is 49.6 Å². The number of aryl methyl sites for hydroxylation is 1. The average Bonchev–Trinajstić information content (AvgIpc) is 3.16. The van der Waals surface area contributed by atoms with Crippen LogP contribution >= 0.6 is 0 Å². The van der Waals surface area contributed by atoms with E-state index in [1.807, 2.05) is 4.90 Å². The molecule has 0 radical (unpaired) electrons. The highest BCUT2D eigenvalue weighted by molar-refractivity contribution is 5.76. The van der Waals surface area contributed by atoms with Crippen molar-refractivity contribution in [2.45, 2.75) is 39.5 Å². The standard InChI is InChI=1S/C21H29FN4O2/c1-16(2)10-11-25-12-14-26(15-13-25)20(27)5-3-4-19-23-21(24-28-19)17-6-8-18(22)9-7-17/h6-9,16H,3-5,10-15H2,1-2H3. The molecule has 6 nitrogen and oxygen atoms in total. The number of rotatable bonds is 8. The van der Waals surface area contributed by atoms with E-state index < -0.39 is 0 Å². The number of carbonyl (C=O) groups is 1. The van der Waals surface area contributed by atoms with E-state index in [4.69, 9.17) is 4.52 Å². The number of halogens is 1. The predicted octanol–water partition coefficient (Wildman–Crippen LogP) is 3.39. The molecule has 0 N–H and O–H groups in total. The molecule has 1 aliphatic heterocycles. The van der Waals surface area contributed by atoms with Gasteiger partial charge in [-0.25, -0.2) is 4.39 Å². The Morgan fingerprint density at radius 2 is 1.89 bits per heavy atom. The Morgan fingerprint density at radius 3 is 2.57 bits per heavy atom. The van der Waals surface area contributed by atoms with Crippen LogP contribution < -0.4 is 0 Å². The molecule has 0 saturated carbocycles. The summed E-state index contributed by atoms with van der Waals surface area (Å²) >= 11 is 0. The molecule has 1 aromatic heterocycles. The Hall–Kier alpha value is -2.28. The van der Waals surface area contributed by atoms with Gasteiger partial charge >= 0.3 is 0 Å². The molecule has 152 valence electrons. The summed E-state index contributed by atoms with van der Waals surface area (Å²) in [5, 5.41) is 3.93. The summed E-state index contributed by atoms with van der Waals surface area (Å²) < 4.78 is 18.2. The number of carbonyl (C=O) groups excluding carboxylic acids is 1. The maximum absolute atomic E-state index is 13.0. The van der Waals surface area contributed by atoms with Crippen LogP contribution in [0.1, 0.15) is 39.0 Å². The molecule has 1 aliphatic rings. The third-order valence-corrected chi connectivity index (χ3v) is 5.10. The van der Waals surface area contributed by atoms with E-state index in [0.29, 0.717) is 42.5 Å². The fourth-order valence-corrected chi connectivity index (χ4v) is 3.28. The average molecular weight is 388 g/mol. The number of amides is 1. The lowest BCUT2D eigenvalue weighted by Crippen LogP contribution is -2.48. The van der Waals surface area contributed by atoms with Gasteiger partial charge in [0.25, 0.3) is 0 Å². The molecule has 28 heavy (non-hydrogen) atoms. The number of benzene rings is 1. The Morgan fingerprint density at radius 1 is 1.18 bits per heavy atom. The number of nitrogens with zero attached hydrogens (tertiary/aromatic N) is 4. The normalized spacial score (nSPS) is 15.4. The minimum atomic E-state index is -0.299. The van der Waals surface area contributed by atoms with Gasteiger partial charge in [-0.1, -0.05) is 19.0 Å². The second-order valence-corrected chi connectivity index (χ2v) is 7.78. The SMILES string of the molecule is CC(C)CCN1CCN(C(=O)CCCc2nc(-c3ccc(F)cc3)no2)CC1. The van der Waals surface area contributed by atoms with Crippen molar-refractivity contribution in [3.8, 4) is 11.4 Å². The first kappa shape index (κ1) is 20.5. The predicted molar refractivity (Wildman–Crippen MR) is 105 cm³/mol. The second kappa shape index (κ2) is 9.78. The molecular formula is C21H29FN4O2. The third-order valence-electron chi connectivity index (χ3n) is 5.10. The summed E-state index contributed by atoms with van der Waals surface area (Å²) in [5.74, 6) is 1.56. The lowest BCUT2D eigenvalue weighted by Gasteiger charge is -2.35. The van der Waals surface area contributed by atoms with Crippen LogP contribution in [-0.4, -0.2) is 58.6 Å². The zero-order valence-electron chi connectivity index (χ0n) is 16.7. The van der Waals surface area contributed by atoms with E-state index in [1.165, 1.54) is 18.6 Å². The smallest absolute Gasteiger partial charge is 0.226 e. The summed E-state index contributed by atoms with van der Waals surface area (Å²) in [6, 6.07) is 5.97. The van der Waals surface area contributed by atoms with E-state index >= 15 is 0 Å². The zero-order valence-corrected chi connectivity index (χ0v) is 16.7. The van der Waals surface area contributed by atoms with Gasteiger partial charge < -0.3 is 9.42 Å². The minimum Gasteiger partial charge on any atom is -0.340 e. The Kier molecular flexibility index (Phi) is 7.14. The molecule has 1 amide bonds. The lowest BCUT2D eigenvalue weighted by atomic mass is 10.1. The fraction of sp³-hybridized carbons (Fsp3) is 0.571. The molecule has 0 atom stereocenters. The molecule has 0 unspecified atom stereocenters. The molecule has 1 fully saturated rings. The molecule has 0 spiro atoms. The van der Waals surface area contributed by atoms with Gasteiger partial charge in [0.2, 0.25) is 17.6 Å². The maximum Gasteiger partial charge on any atom is 0.226 e. The van der Waals surface area contributed by atoms with Crippen LogP contribution in [0.3, 0.4) is 0 Å². The van der Waals surface area contributed by atoms with Crippen LogP contribution in [0, 0.1) is 11.7 Å². The van der Waals surface area contributed by atoms with E-state index in [0.717, 1.165) is 32.7 Å². The molecule has 2 aromatic rings. The van der Waals surface area contributed by atoms with Crippen molar-refractivity contribution < 1.29 is 13.7 Å². The highest BCUT2D eigenvalue weighted by Crippen LogP contribution is 2.17. The van der Waals surface area contributed by atoms with Crippen molar-refractivity contribution in [3.63, 3.8) is 0 Å². The van der Waals surface area contributed by atoms with Crippen LogP contribution in [0.5, 0.6) is 0 Å². The summed E-state index contributed by atoms with van der Waals surface area (Å²) in [7, 11) is 0. The molecule has 3 rings (SSSR count). The highest BCUT2D eigenvalue weighted by atomic mass is 19.1. The van der Waals surface area contributed by atoms with Crippen molar-refractivity contribution >= 4 is 5.91 Å². The van der Waals surface area contributed by atoms with Gasteiger partial charge in [0.1, 0.15) is 5.82 Å². The first-order chi connectivity index (χ1) is 13.5. The van der Waals surface area contributed by atoms with Crippen molar-refractivity contribution in [3.05, 3.63) is 36.0 Å². The quantitative estimate of drug-likeness (QED) is 0.694. The van der Waals surface area contributed by atoms with E-state index in [2.05, 4.69) is 28.9 Å². The van der Waals surface area contributed by atoms with Gasteiger partial charge in [-0.2, -0.15) is 4.98 Å². The Labute approximate surface area is 165 Å². The molecule has 1 aromatic carbocycles. The number of aromatic nitrogens is 2. The van der Waals surface area contributed by atoms with E-state index in [-0.39, 0.29) is 11.7 Å². The number of hydrogen-bond donors (Lipinski definition) is 0. The van der Waals surface area contributed by atoms with Crippen LogP contribution in [0.2, 0.25) is 0 Å². The van der Waals surface area contributed by atoms with Gasteiger partial charge in [0.05, 0.1) is 0 Å². The first-order valence-corrected chi connectivity index (χ1v) is 10.1. The molecule has 0 aliphatic carbocycles. The molecule has 1 saturated heterocycles. The Bertz CT molecular complexity index is 752. The van der Waals surface area contributed by atoms with Crippen molar-refractivity contribution in [2.24, 2.45) is 5.92 Å². The lowest BCUT2D eigenvalue weighted by molar-refractivity contribution is -0.133. The number of piperazine rings is 1. The van der Waals surface area contributed by atoms with Crippen LogP contribution in [0.15, 0.2) is 28.8 Å². The number of hydrogen-bond acceptors (Lipinski definition) is 5. The van der Waals surface area contributed by atoms with Gasteiger partial charge in [0.15, 0.2) is 0 Å². The summed E-state index contributed by atoms with van der Waals surface area (Å²) in [6.45, 7) is 9.15. The fourth-order valence-electron chi connectivity index (χ4n) is 3.28. The highest BCUT2D eigenvalue weighted by Gasteiger charge is 2.21. The second-order valence-electron chi connectivity index (χ2n) is 7.78. The molecular weight excluding hydrogens is 359 g/mol. The first-order valence-electron chi connectivity index (χ1n) is 10.1. The van der Waals surface area contributed by atoms with Crippen molar-refractivity contribution in [1.29, 1.82) is 0 Å². The summed E-state index contributed by atoms with van der Waals surface area (Å²) in [5.41, 5.74) is 0.711. The van der Waals surface area contributed by atoms with Crippen LogP contribution in [0.4, 0.5) is 4.39 Å². The topological polar surface area (TPSA) is 62.5 Å². The van der Waals surface area contributed by atoms with Crippen molar-refractivity contribution in [1.82, 2.24) is 19.9 Å². The van der Waals surface area contributed by atoms with Gasteiger partial charge in [-0.3, -0.25) is 9.69 Å². The van der Waals surface area contributed by atoms with Gasteiger partial charge in [0, 0.05) is 44.6 Å². The van der Waals surface area contributed by atoms with Crippen molar-refractivity contribution in [2.75, 3.05) is 32.7 Å². The van der Waals surface area contributed by atoms with E-state index in [1.54, 1.807) is 12.1 Å². The third kappa shape index (κ3) is 5.86. The van der Waals surface area contributed by atoms with Crippen LogP contribution in [-0.2, 0) is 11.2 Å². The van der Waals surface area contributed by atoms with Gasteiger partial charge in [-0.15, -0.1) is 0 Å². The largest absolute Gasteiger partial charge is 0.340 e. The van der Waals surface area contributed by atoms with E-state index in [9.17, 15) is 9.18 Å². The Balaban J connectivity index is 1.38. The molecule has 7 heteroatoms. The minimum absolute atomic E-state index is 0.196. The molecule has 0 bridgehead atoms.